The first-order valence-corrected chi connectivity index (χ1v) is 16.0. The first kappa shape index (κ1) is 26.1. The molecule has 222 valence electrons. The molecule has 10 rings (SSSR count). The van der Waals surface area contributed by atoms with Gasteiger partial charge in [0.2, 0.25) is 0 Å². The minimum atomic E-state index is -0.122. The van der Waals surface area contributed by atoms with Crippen molar-refractivity contribution in [3.8, 4) is 11.4 Å². The van der Waals surface area contributed by atoms with Crippen LogP contribution in [0.25, 0.3) is 38.9 Å². The highest BCUT2D eigenvalue weighted by atomic mass is 16.5. The van der Waals surface area contributed by atoms with Crippen molar-refractivity contribution in [2.75, 3.05) is 0 Å². The Bertz CT molecular complexity index is 2580. The highest BCUT2D eigenvalue weighted by molar-refractivity contribution is 6.12. The number of rotatable bonds is 4. The summed E-state index contributed by atoms with van der Waals surface area (Å²) in [4.78, 5) is 10.2. The zero-order valence-corrected chi connectivity index (χ0v) is 25.3. The van der Waals surface area contributed by atoms with Crippen molar-refractivity contribution in [2.24, 2.45) is 9.98 Å². The second-order valence-corrected chi connectivity index (χ2v) is 12.2. The van der Waals surface area contributed by atoms with E-state index < -0.39 is 0 Å². The van der Waals surface area contributed by atoms with Crippen molar-refractivity contribution in [3.63, 3.8) is 0 Å². The number of amidine groups is 1. The van der Waals surface area contributed by atoms with E-state index in [9.17, 15) is 0 Å². The number of hydrogen-bond donors (Lipinski definition) is 1. The quantitative estimate of drug-likeness (QED) is 0.223. The molecule has 0 fully saturated rings. The van der Waals surface area contributed by atoms with Crippen LogP contribution >= 0.6 is 0 Å². The van der Waals surface area contributed by atoms with Crippen molar-refractivity contribution in [1.82, 2.24) is 9.88 Å². The molecule has 0 radical (unpaired) electrons. The lowest BCUT2D eigenvalue weighted by Gasteiger charge is -2.25. The van der Waals surface area contributed by atoms with E-state index in [-0.39, 0.29) is 12.1 Å². The third-order valence-electron chi connectivity index (χ3n) is 9.47. The van der Waals surface area contributed by atoms with Crippen LogP contribution in [0.5, 0.6) is 5.75 Å². The molecular formula is C42H28N4O. The van der Waals surface area contributed by atoms with Crippen LogP contribution in [0, 0.1) is 0 Å². The van der Waals surface area contributed by atoms with E-state index in [0.717, 1.165) is 72.4 Å². The fourth-order valence-electron chi connectivity index (χ4n) is 7.29. The summed E-state index contributed by atoms with van der Waals surface area (Å²) in [6.45, 7) is 0. The average molecular weight is 605 g/mol. The van der Waals surface area contributed by atoms with E-state index in [1.807, 2.05) is 12.1 Å². The monoisotopic (exact) mass is 604 g/mol. The van der Waals surface area contributed by atoms with Crippen LogP contribution in [0.3, 0.4) is 0 Å². The van der Waals surface area contributed by atoms with Gasteiger partial charge >= 0.3 is 0 Å². The molecular weight excluding hydrogens is 576 g/mol. The van der Waals surface area contributed by atoms with Crippen LogP contribution in [-0.2, 0) is 0 Å². The third kappa shape index (κ3) is 4.03. The molecule has 0 saturated carbocycles. The molecule has 0 aliphatic carbocycles. The predicted molar refractivity (Wildman–Crippen MR) is 188 cm³/mol. The molecule has 5 heteroatoms. The van der Waals surface area contributed by atoms with Gasteiger partial charge in [-0.2, -0.15) is 0 Å². The molecule has 0 amide bonds. The predicted octanol–water partition coefficient (Wildman–Crippen LogP) is 7.79. The van der Waals surface area contributed by atoms with Gasteiger partial charge in [-0.15, -0.1) is 0 Å². The van der Waals surface area contributed by atoms with Crippen molar-refractivity contribution in [2.45, 2.75) is 12.1 Å². The van der Waals surface area contributed by atoms with Gasteiger partial charge in [0, 0.05) is 32.8 Å². The summed E-state index contributed by atoms with van der Waals surface area (Å²) >= 11 is 0. The molecule has 7 aromatic rings. The van der Waals surface area contributed by atoms with Crippen molar-refractivity contribution in [1.29, 1.82) is 0 Å². The molecule has 1 aromatic heterocycles. The van der Waals surface area contributed by atoms with Gasteiger partial charge < -0.3 is 14.6 Å². The van der Waals surface area contributed by atoms with Crippen LogP contribution in [0.15, 0.2) is 162 Å². The number of hydrogen-bond acceptors (Lipinski definition) is 4. The summed E-state index contributed by atoms with van der Waals surface area (Å²) in [5, 5.41) is 8.14. The van der Waals surface area contributed by atoms with Gasteiger partial charge in [0.25, 0.3) is 0 Å². The second-order valence-electron chi connectivity index (χ2n) is 12.2. The summed E-state index contributed by atoms with van der Waals surface area (Å²) in [6.07, 6.45) is 2.21. The lowest BCUT2D eigenvalue weighted by molar-refractivity contribution is 0.519. The normalized spacial score (nSPS) is 17.7. The van der Waals surface area contributed by atoms with E-state index >= 15 is 0 Å². The van der Waals surface area contributed by atoms with Gasteiger partial charge in [0.15, 0.2) is 5.75 Å². The topological polar surface area (TPSA) is 50.9 Å². The third-order valence-corrected chi connectivity index (χ3v) is 9.47. The van der Waals surface area contributed by atoms with Gasteiger partial charge in [0.1, 0.15) is 17.6 Å². The smallest absolute Gasteiger partial charge is 0.157 e. The number of ether oxygens (including phenoxy) is 1. The van der Waals surface area contributed by atoms with Crippen molar-refractivity contribution < 1.29 is 4.74 Å². The molecule has 1 N–H and O–H groups in total. The number of aliphatic imine (C=N–C) groups is 1. The molecule has 0 saturated heterocycles. The zero-order valence-electron chi connectivity index (χ0n) is 25.3. The van der Waals surface area contributed by atoms with E-state index in [2.05, 4.69) is 149 Å². The minimum absolute atomic E-state index is 0.0180. The standard InChI is InChI=1S/C42H28N4O/c1-3-12-26(13-4-1)35-25-36(27-14-5-2-6-15-27)45-42(44-35)28-16-11-17-29(24-28)46-37-21-10-8-18-30(37)31-22-23-33-38-40(47-41(33)39(31)46)32-19-7-9-20-34(32)43-38/h1-25,35,38H,(H,44,45). The number of nitrogens with zero attached hydrogens (tertiary/aromatic N) is 3. The van der Waals surface area contributed by atoms with Crippen LogP contribution in [0.2, 0.25) is 0 Å². The highest BCUT2D eigenvalue weighted by Crippen LogP contribution is 2.49. The Hall–Kier alpha value is -6.20. The van der Waals surface area contributed by atoms with E-state index in [1.54, 1.807) is 0 Å². The Balaban J connectivity index is 1.15. The molecule has 2 unspecified atom stereocenters. The molecule has 6 aromatic carbocycles. The summed E-state index contributed by atoms with van der Waals surface area (Å²) in [5.74, 6) is 2.64. The highest BCUT2D eigenvalue weighted by Gasteiger charge is 2.36. The van der Waals surface area contributed by atoms with Gasteiger partial charge in [-0.25, -0.2) is 4.99 Å². The molecule has 5 nitrogen and oxygen atoms in total. The van der Waals surface area contributed by atoms with Gasteiger partial charge in [-0.05, 0) is 47.5 Å². The van der Waals surface area contributed by atoms with Crippen LogP contribution in [0.4, 0.5) is 0 Å². The van der Waals surface area contributed by atoms with Crippen molar-refractivity contribution in [3.05, 3.63) is 184 Å². The Kier molecular flexibility index (Phi) is 5.63. The fraction of sp³-hybridized carbons (Fsp3) is 0.0476. The lowest BCUT2D eigenvalue weighted by atomic mass is 10.0. The van der Waals surface area contributed by atoms with Crippen LogP contribution < -0.4 is 20.6 Å². The Morgan fingerprint density at radius 1 is 0.660 bits per heavy atom. The first-order valence-electron chi connectivity index (χ1n) is 16.0. The maximum absolute atomic E-state index is 6.79. The SMILES string of the molecule is C1=C(c2ccccc2)N=C(c2cccc(-n3c4ccccc4c4ccc5c(c43)OC3=c4ccccc4=NC35)c2)NC1c1ccccc1. The zero-order chi connectivity index (χ0) is 30.9. The summed E-state index contributed by atoms with van der Waals surface area (Å²) in [6, 6.07) is 50.7. The van der Waals surface area contributed by atoms with Crippen LogP contribution in [-0.4, -0.2) is 10.4 Å². The second kappa shape index (κ2) is 10.2. The Labute approximate surface area is 271 Å². The summed E-state index contributed by atoms with van der Waals surface area (Å²) < 4.78 is 9.13. The lowest BCUT2D eigenvalue weighted by Crippen LogP contribution is -2.31. The van der Waals surface area contributed by atoms with E-state index in [0.29, 0.717) is 0 Å². The minimum Gasteiger partial charge on any atom is -0.456 e. The maximum Gasteiger partial charge on any atom is 0.157 e. The number of nitrogens with one attached hydrogen (secondary N) is 1. The van der Waals surface area contributed by atoms with Gasteiger partial charge in [-0.3, -0.25) is 4.99 Å². The number of fused-ring (bicyclic) bond motifs is 8. The summed E-state index contributed by atoms with van der Waals surface area (Å²) in [5.41, 5.74) is 8.58. The molecule has 3 aliphatic heterocycles. The fourth-order valence-corrected chi connectivity index (χ4v) is 7.29. The number of aromatic nitrogens is 1. The Morgan fingerprint density at radius 2 is 1.43 bits per heavy atom. The largest absolute Gasteiger partial charge is 0.456 e. The number of para-hydroxylation sites is 2. The number of benzene rings is 6. The van der Waals surface area contributed by atoms with Crippen molar-refractivity contribution >= 4 is 39.1 Å². The van der Waals surface area contributed by atoms with Crippen LogP contribution in [0.1, 0.15) is 34.3 Å². The molecule has 0 spiro atoms. The molecule has 47 heavy (non-hydrogen) atoms. The molecule has 2 atom stereocenters. The first-order chi connectivity index (χ1) is 23.3. The van der Waals surface area contributed by atoms with Gasteiger partial charge in [0.05, 0.1) is 28.1 Å². The molecule has 0 bridgehead atoms. The average Bonchev–Trinajstić information content (AvgIpc) is 3.80. The van der Waals surface area contributed by atoms with E-state index in [4.69, 9.17) is 14.7 Å². The summed E-state index contributed by atoms with van der Waals surface area (Å²) in [7, 11) is 0. The van der Waals surface area contributed by atoms with E-state index in [1.165, 1.54) is 10.9 Å². The molecule has 3 aliphatic rings. The molecule has 4 heterocycles. The Morgan fingerprint density at radius 3 is 2.32 bits per heavy atom. The van der Waals surface area contributed by atoms with Gasteiger partial charge in [-0.1, -0.05) is 115 Å². The maximum atomic E-state index is 6.79.